The number of thiazole rings is 1. The van der Waals surface area contributed by atoms with Crippen LogP contribution in [0.4, 0.5) is 10.1 Å². The molecule has 0 spiro atoms. The monoisotopic (exact) mass is 386 g/mol. The van der Waals surface area contributed by atoms with E-state index < -0.39 is 11.7 Å². The molecule has 0 radical (unpaired) electrons. The van der Waals surface area contributed by atoms with E-state index >= 15 is 0 Å². The maximum atomic E-state index is 14.3. The number of nitrogens with zero attached hydrogens (tertiary/aromatic N) is 3. The highest BCUT2D eigenvalue weighted by atomic mass is 32.1. The van der Waals surface area contributed by atoms with Crippen LogP contribution in [0.15, 0.2) is 29.9 Å². The zero-order valence-electron chi connectivity index (χ0n) is 14.5. The van der Waals surface area contributed by atoms with Crippen molar-refractivity contribution in [2.75, 3.05) is 18.4 Å². The van der Waals surface area contributed by atoms with E-state index in [9.17, 15) is 9.18 Å². The van der Waals surface area contributed by atoms with E-state index in [0.717, 1.165) is 37.4 Å². The van der Waals surface area contributed by atoms with Crippen LogP contribution in [0.3, 0.4) is 0 Å². The maximum absolute atomic E-state index is 14.3. The first-order chi connectivity index (χ1) is 13.2. The first kappa shape index (κ1) is 17.7. The topological polar surface area (TPSA) is 95.6 Å². The van der Waals surface area contributed by atoms with Crippen LogP contribution < -0.4 is 10.6 Å². The van der Waals surface area contributed by atoms with Crippen LogP contribution in [0.1, 0.15) is 28.3 Å². The van der Waals surface area contributed by atoms with Gasteiger partial charge in [0.2, 0.25) is 0 Å². The Morgan fingerprint density at radius 2 is 2.19 bits per heavy atom. The number of nitrogens with one attached hydrogen (secondary N) is 3. The molecule has 2 aromatic heterocycles. The Morgan fingerprint density at radius 3 is 2.93 bits per heavy atom. The quantitative estimate of drug-likeness (QED) is 0.627. The molecule has 140 valence electrons. The highest BCUT2D eigenvalue weighted by Gasteiger charge is 2.18. The third-order valence-electron chi connectivity index (χ3n) is 4.61. The molecule has 1 aliphatic heterocycles. The van der Waals surface area contributed by atoms with E-state index in [2.05, 4.69) is 30.8 Å². The molecule has 4 rings (SSSR count). The minimum atomic E-state index is -0.539. The lowest BCUT2D eigenvalue weighted by atomic mass is 9.95. The molecule has 1 amide bonds. The minimum absolute atomic E-state index is 0.108. The van der Waals surface area contributed by atoms with E-state index in [4.69, 9.17) is 0 Å². The Hall–Kier alpha value is -2.65. The Bertz CT molecular complexity index is 920. The lowest BCUT2D eigenvalue weighted by molar-refractivity contribution is 0.102. The number of H-pyrrole nitrogens is 1. The molecule has 1 saturated heterocycles. The molecule has 0 unspecified atom stereocenters. The van der Waals surface area contributed by atoms with Crippen LogP contribution in [0.2, 0.25) is 0 Å². The van der Waals surface area contributed by atoms with Crippen molar-refractivity contribution < 1.29 is 9.18 Å². The summed E-state index contributed by atoms with van der Waals surface area (Å²) in [6, 6.07) is 4.48. The number of anilines is 1. The van der Waals surface area contributed by atoms with Gasteiger partial charge in [-0.15, -0.1) is 11.3 Å². The van der Waals surface area contributed by atoms with Crippen LogP contribution in [-0.4, -0.2) is 39.2 Å². The molecule has 3 aromatic rings. The number of amides is 1. The van der Waals surface area contributed by atoms with Gasteiger partial charge in [0.15, 0.2) is 5.82 Å². The maximum Gasteiger partial charge on any atom is 0.275 e. The fourth-order valence-electron chi connectivity index (χ4n) is 3.14. The molecule has 1 fully saturated rings. The molecule has 0 atom stereocenters. The molecule has 1 aromatic carbocycles. The molecule has 0 saturated carbocycles. The third kappa shape index (κ3) is 4.20. The van der Waals surface area contributed by atoms with Crippen molar-refractivity contribution in [1.82, 2.24) is 25.5 Å². The van der Waals surface area contributed by atoms with E-state index in [1.165, 1.54) is 29.8 Å². The standard InChI is InChI=1S/C18H19FN6OS/c19-13-8-12(17-21-10-22-25-17)1-2-14(13)24-18(26)15-9-27-16(23-15)7-11-3-5-20-6-4-11/h1-2,8-11,20H,3-7H2,(H,24,26)(H,21,22,25). The summed E-state index contributed by atoms with van der Waals surface area (Å²) in [5, 5.41) is 15.0. The van der Waals surface area contributed by atoms with E-state index in [0.29, 0.717) is 23.0 Å². The summed E-state index contributed by atoms with van der Waals surface area (Å²) >= 11 is 1.48. The lowest BCUT2D eigenvalue weighted by Gasteiger charge is -2.21. The highest BCUT2D eigenvalue weighted by Crippen LogP contribution is 2.23. The van der Waals surface area contributed by atoms with Gasteiger partial charge in [-0.2, -0.15) is 5.10 Å². The zero-order valence-corrected chi connectivity index (χ0v) is 15.4. The largest absolute Gasteiger partial charge is 0.318 e. The molecule has 3 heterocycles. The van der Waals surface area contributed by atoms with Gasteiger partial charge in [-0.3, -0.25) is 9.89 Å². The van der Waals surface area contributed by atoms with Crippen molar-refractivity contribution in [3.8, 4) is 11.4 Å². The molecule has 0 aliphatic carbocycles. The van der Waals surface area contributed by atoms with Crippen LogP contribution in [0.5, 0.6) is 0 Å². The van der Waals surface area contributed by atoms with Gasteiger partial charge in [0.05, 0.1) is 10.7 Å². The van der Waals surface area contributed by atoms with Crippen molar-refractivity contribution >= 4 is 22.9 Å². The average Bonchev–Trinajstić information content (AvgIpc) is 3.36. The second kappa shape index (κ2) is 7.93. The third-order valence-corrected chi connectivity index (χ3v) is 5.48. The van der Waals surface area contributed by atoms with Crippen molar-refractivity contribution in [3.63, 3.8) is 0 Å². The summed E-state index contributed by atoms with van der Waals surface area (Å²) in [6.45, 7) is 2.07. The van der Waals surface area contributed by atoms with E-state index in [1.54, 1.807) is 11.4 Å². The number of rotatable bonds is 5. The highest BCUT2D eigenvalue weighted by molar-refractivity contribution is 7.09. The average molecular weight is 386 g/mol. The number of hydrogen-bond donors (Lipinski definition) is 3. The van der Waals surface area contributed by atoms with Crippen molar-refractivity contribution in [3.05, 3.63) is 46.4 Å². The number of carbonyl (C=O) groups excluding carboxylic acids is 1. The number of halogens is 1. The van der Waals surface area contributed by atoms with Crippen molar-refractivity contribution in [2.24, 2.45) is 5.92 Å². The molecule has 1 aliphatic rings. The normalized spacial score (nSPS) is 15.0. The lowest BCUT2D eigenvalue weighted by Crippen LogP contribution is -2.28. The van der Waals surface area contributed by atoms with Gasteiger partial charge in [0.25, 0.3) is 5.91 Å². The second-order valence-corrected chi connectivity index (χ2v) is 7.45. The zero-order chi connectivity index (χ0) is 18.6. The van der Waals surface area contributed by atoms with Gasteiger partial charge in [-0.1, -0.05) is 0 Å². The van der Waals surface area contributed by atoms with E-state index in [-0.39, 0.29) is 5.69 Å². The van der Waals surface area contributed by atoms with Gasteiger partial charge < -0.3 is 10.6 Å². The summed E-state index contributed by atoms with van der Waals surface area (Å²) < 4.78 is 14.3. The molecule has 7 nitrogen and oxygen atoms in total. The summed E-state index contributed by atoms with van der Waals surface area (Å²) in [5.74, 6) is 0.125. The molecular formula is C18H19FN6OS. The SMILES string of the molecule is O=C(Nc1ccc(-c2ncn[nH]2)cc1F)c1csc(CC2CCNCC2)n1. The second-order valence-electron chi connectivity index (χ2n) is 6.51. The smallest absolute Gasteiger partial charge is 0.275 e. The number of aromatic nitrogens is 4. The Balaban J connectivity index is 1.41. The molecule has 3 N–H and O–H groups in total. The van der Waals surface area contributed by atoms with Crippen LogP contribution in [0, 0.1) is 11.7 Å². The van der Waals surface area contributed by atoms with Gasteiger partial charge in [-0.05, 0) is 50.0 Å². The predicted molar refractivity (Wildman–Crippen MR) is 101 cm³/mol. The van der Waals surface area contributed by atoms with Crippen molar-refractivity contribution in [2.45, 2.75) is 19.3 Å². The van der Waals surface area contributed by atoms with Crippen molar-refractivity contribution in [1.29, 1.82) is 0 Å². The summed E-state index contributed by atoms with van der Waals surface area (Å²) in [5.41, 5.74) is 0.986. The molecule has 9 heteroatoms. The fraction of sp³-hybridized carbons (Fsp3) is 0.333. The number of hydrogen-bond acceptors (Lipinski definition) is 6. The van der Waals surface area contributed by atoms with Crippen LogP contribution >= 0.6 is 11.3 Å². The summed E-state index contributed by atoms with van der Waals surface area (Å²) in [6.07, 6.45) is 4.50. The molecular weight excluding hydrogens is 367 g/mol. The summed E-state index contributed by atoms with van der Waals surface area (Å²) in [4.78, 5) is 20.8. The van der Waals surface area contributed by atoms with Gasteiger partial charge >= 0.3 is 0 Å². The number of benzene rings is 1. The Kier molecular flexibility index (Phi) is 5.21. The predicted octanol–water partition coefficient (Wildman–Crippen LogP) is 2.86. The van der Waals surface area contributed by atoms with E-state index in [1.807, 2.05) is 0 Å². The van der Waals surface area contributed by atoms with Crippen LogP contribution in [-0.2, 0) is 6.42 Å². The first-order valence-electron chi connectivity index (χ1n) is 8.81. The number of aromatic amines is 1. The Morgan fingerprint density at radius 1 is 1.33 bits per heavy atom. The Labute approximate surface area is 159 Å². The van der Waals surface area contributed by atoms with Crippen LogP contribution in [0.25, 0.3) is 11.4 Å². The van der Waals surface area contributed by atoms with Gasteiger partial charge in [-0.25, -0.2) is 14.4 Å². The van der Waals surface area contributed by atoms with Gasteiger partial charge in [0.1, 0.15) is 17.8 Å². The molecule has 27 heavy (non-hydrogen) atoms. The number of carbonyl (C=O) groups is 1. The summed E-state index contributed by atoms with van der Waals surface area (Å²) in [7, 11) is 0. The number of piperidine rings is 1. The first-order valence-corrected chi connectivity index (χ1v) is 9.69. The minimum Gasteiger partial charge on any atom is -0.318 e. The fourth-order valence-corrected chi connectivity index (χ4v) is 4.03. The van der Waals surface area contributed by atoms with Gasteiger partial charge in [0, 0.05) is 17.4 Å². The molecule has 0 bridgehead atoms.